The second kappa shape index (κ2) is 5.25. The zero-order valence-electron chi connectivity index (χ0n) is 9.08. The van der Waals surface area contributed by atoms with Crippen LogP contribution in [0.2, 0.25) is 0 Å². The first-order valence-corrected chi connectivity index (χ1v) is 7.19. The molecule has 0 nitrogen and oxygen atoms in total. The Hall–Kier alpha value is 0.0900. The average Bonchev–Trinajstić information content (AvgIpc) is 2.26. The summed E-state index contributed by atoms with van der Waals surface area (Å²) in [4.78, 5) is 0. The van der Waals surface area contributed by atoms with Crippen molar-refractivity contribution in [1.29, 1.82) is 0 Å². The van der Waals surface area contributed by atoms with E-state index >= 15 is 0 Å². The van der Waals surface area contributed by atoms with Crippen molar-refractivity contribution in [2.24, 2.45) is 11.8 Å². The van der Waals surface area contributed by atoms with Crippen LogP contribution >= 0.6 is 11.8 Å². The molecule has 2 aliphatic rings. The summed E-state index contributed by atoms with van der Waals surface area (Å²) in [6, 6.07) is 0. The van der Waals surface area contributed by atoms with Crippen molar-refractivity contribution in [3.63, 3.8) is 0 Å². The molecule has 0 aromatic rings. The Morgan fingerprint density at radius 1 is 1.07 bits per heavy atom. The molecule has 2 rings (SSSR count). The van der Waals surface area contributed by atoms with E-state index in [4.69, 9.17) is 0 Å². The largest absolute Gasteiger partial charge is 0.154 e. The standard InChI is InChI=1S/C13H22S/c1-2-10-14-13-9-5-7-11-6-3-4-8-12(11)13/h2,11-13H,1,3-10H2. The van der Waals surface area contributed by atoms with E-state index < -0.39 is 0 Å². The maximum atomic E-state index is 3.83. The number of hydrogen-bond acceptors (Lipinski definition) is 1. The molecule has 0 aromatic carbocycles. The highest BCUT2D eigenvalue weighted by Crippen LogP contribution is 2.44. The predicted molar refractivity (Wildman–Crippen MR) is 65.7 cm³/mol. The predicted octanol–water partition coefficient (Wildman–Crippen LogP) is 4.26. The lowest BCUT2D eigenvalue weighted by atomic mass is 9.71. The minimum absolute atomic E-state index is 0.965. The van der Waals surface area contributed by atoms with Gasteiger partial charge in [-0.1, -0.05) is 38.2 Å². The lowest BCUT2D eigenvalue weighted by Crippen LogP contribution is -2.32. The molecule has 0 amide bonds. The summed E-state index contributed by atoms with van der Waals surface area (Å²) in [6.45, 7) is 3.83. The van der Waals surface area contributed by atoms with Crippen LogP contribution in [0.3, 0.4) is 0 Å². The van der Waals surface area contributed by atoms with Crippen molar-refractivity contribution in [3.8, 4) is 0 Å². The Balaban J connectivity index is 1.90. The highest BCUT2D eigenvalue weighted by atomic mass is 32.2. The zero-order chi connectivity index (χ0) is 9.80. The molecule has 2 fully saturated rings. The number of rotatable bonds is 3. The molecule has 0 radical (unpaired) electrons. The summed E-state index contributed by atoms with van der Waals surface area (Å²) >= 11 is 2.16. The minimum Gasteiger partial charge on any atom is -0.154 e. The summed E-state index contributed by atoms with van der Waals surface area (Å²) in [5, 5.41) is 0.965. The Morgan fingerprint density at radius 2 is 1.86 bits per heavy atom. The molecular formula is C13H22S. The molecule has 0 aromatic heterocycles. The van der Waals surface area contributed by atoms with Crippen LogP contribution in [0.5, 0.6) is 0 Å². The van der Waals surface area contributed by atoms with Gasteiger partial charge in [0, 0.05) is 11.0 Å². The molecule has 0 aliphatic heterocycles. The molecule has 0 N–H and O–H groups in total. The molecule has 0 bridgehead atoms. The van der Waals surface area contributed by atoms with Gasteiger partial charge in [0.05, 0.1) is 0 Å². The number of fused-ring (bicyclic) bond motifs is 1. The van der Waals surface area contributed by atoms with Crippen molar-refractivity contribution in [2.75, 3.05) is 5.75 Å². The molecule has 1 heteroatoms. The molecule has 14 heavy (non-hydrogen) atoms. The van der Waals surface area contributed by atoms with Crippen LogP contribution in [0, 0.1) is 11.8 Å². The number of thioether (sulfide) groups is 1. The van der Waals surface area contributed by atoms with Crippen LogP contribution in [0.15, 0.2) is 12.7 Å². The normalized spacial score (nSPS) is 37.6. The molecule has 80 valence electrons. The molecule has 0 heterocycles. The Morgan fingerprint density at radius 3 is 2.71 bits per heavy atom. The summed E-state index contributed by atoms with van der Waals surface area (Å²) in [7, 11) is 0. The van der Waals surface area contributed by atoms with E-state index in [1.165, 1.54) is 44.9 Å². The van der Waals surface area contributed by atoms with Crippen LogP contribution in [0.25, 0.3) is 0 Å². The van der Waals surface area contributed by atoms with E-state index in [-0.39, 0.29) is 0 Å². The third-order valence-electron chi connectivity index (χ3n) is 3.94. The average molecular weight is 210 g/mol. The van der Waals surface area contributed by atoms with Crippen molar-refractivity contribution >= 4 is 11.8 Å². The highest BCUT2D eigenvalue weighted by molar-refractivity contribution is 8.00. The second-order valence-electron chi connectivity index (χ2n) is 4.80. The molecule has 3 unspecified atom stereocenters. The van der Waals surface area contributed by atoms with Crippen molar-refractivity contribution in [1.82, 2.24) is 0 Å². The van der Waals surface area contributed by atoms with Crippen LogP contribution in [-0.2, 0) is 0 Å². The SMILES string of the molecule is C=CCSC1CCCC2CCCCC21. The van der Waals surface area contributed by atoms with E-state index in [0.717, 1.165) is 22.8 Å². The van der Waals surface area contributed by atoms with Crippen LogP contribution in [0.1, 0.15) is 44.9 Å². The molecular weight excluding hydrogens is 188 g/mol. The highest BCUT2D eigenvalue weighted by Gasteiger charge is 2.34. The van der Waals surface area contributed by atoms with Gasteiger partial charge in [0.2, 0.25) is 0 Å². The van der Waals surface area contributed by atoms with Crippen molar-refractivity contribution in [2.45, 2.75) is 50.2 Å². The van der Waals surface area contributed by atoms with Crippen molar-refractivity contribution < 1.29 is 0 Å². The molecule has 3 atom stereocenters. The smallest absolute Gasteiger partial charge is 0.0113 e. The topological polar surface area (TPSA) is 0 Å². The third-order valence-corrected chi connectivity index (χ3v) is 5.38. The van der Waals surface area contributed by atoms with E-state index in [0.29, 0.717) is 0 Å². The van der Waals surface area contributed by atoms with Gasteiger partial charge in [-0.15, -0.1) is 6.58 Å². The van der Waals surface area contributed by atoms with Gasteiger partial charge in [-0.3, -0.25) is 0 Å². The maximum absolute atomic E-state index is 3.83. The second-order valence-corrected chi connectivity index (χ2v) is 6.07. The first kappa shape index (κ1) is 10.6. The quantitative estimate of drug-likeness (QED) is 0.627. The first-order chi connectivity index (χ1) is 6.92. The van der Waals surface area contributed by atoms with Crippen LogP contribution < -0.4 is 0 Å². The molecule has 2 aliphatic carbocycles. The van der Waals surface area contributed by atoms with E-state index in [1.54, 1.807) is 0 Å². The van der Waals surface area contributed by atoms with Gasteiger partial charge in [0.25, 0.3) is 0 Å². The summed E-state index contributed by atoms with van der Waals surface area (Å²) in [5.41, 5.74) is 0. The third kappa shape index (κ3) is 2.36. The zero-order valence-corrected chi connectivity index (χ0v) is 9.90. The molecule has 0 spiro atoms. The summed E-state index contributed by atoms with van der Waals surface area (Å²) < 4.78 is 0. The first-order valence-electron chi connectivity index (χ1n) is 6.14. The molecule has 0 saturated heterocycles. The van der Waals surface area contributed by atoms with E-state index in [9.17, 15) is 0 Å². The van der Waals surface area contributed by atoms with Gasteiger partial charge in [-0.25, -0.2) is 0 Å². The van der Waals surface area contributed by atoms with Gasteiger partial charge in [0.1, 0.15) is 0 Å². The van der Waals surface area contributed by atoms with Gasteiger partial charge in [-0.2, -0.15) is 11.8 Å². The van der Waals surface area contributed by atoms with Crippen molar-refractivity contribution in [3.05, 3.63) is 12.7 Å². The Kier molecular flexibility index (Phi) is 3.98. The fraction of sp³-hybridized carbons (Fsp3) is 0.846. The lowest BCUT2D eigenvalue weighted by molar-refractivity contribution is 0.178. The maximum Gasteiger partial charge on any atom is 0.0113 e. The lowest BCUT2D eigenvalue weighted by Gasteiger charge is -2.41. The fourth-order valence-electron chi connectivity index (χ4n) is 3.28. The van der Waals surface area contributed by atoms with Gasteiger partial charge in [-0.05, 0) is 24.7 Å². The summed E-state index contributed by atoms with van der Waals surface area (Å²) in [5.74, 6) is 3.30. The van der Waals surface area contributed by atoms with E-state index in [1.807, 2.05) is 0 Å². The van der Waals surface area contributed by atoms with Crippen LogP contribution in [0.4, 0.5) is 0 Å². The minimum atomic E-state index is 0.965. The summed E-state index contributed by atoms with van der Waals surface area (Å²) in [6.07, 6.45) is 12.6. The van der Waals surface area contributed by atoms with Gasteiger partial charge >= 0.3 is 0 Å². The van der Waals surface area contributed by atoms with E-state index in [2.05, 4.69) is 24.4 Å². The Labute approximate surface area is 92.5 Å². The Bertz CT molecular complexity index is 186. The van der Waals surface area contributed by atoms with Gasteiger partial charge < -0.3 is 0 Å². The van der Waals surface area contributed by atoms with Gasteiger partial charge in [0.15, 0.2) is 0 Å². The van der Waals surface area contributed by atoms with Crippen LogP contribution in [-0.4, -0.2) is 11.0 Å². The fourth-order valence-corrected chi connectivity index (χ4v) is 4.60. The number of hydrogen-bond donors (Lipinski definition) is 0. The molecule has 2 saturated carbocycles. The monoisotopic (exact) mass is 210 g/mol.